The molecule has 0 saturated heterocycles. The van der Waals surface area contributed by atoms with E-state index in [1.807, 2.05) is 0 Å². The van der Waals surface area contributed by atoms with Gasteiger partial charge in [-0.05, 0) is 61.2 Å². The van der Waals surface area contributed by atoms with Gasteiger partial charge in [-0.25, -0.2) is 8.78 Å². The van der Waals surface area contributed by atoms with Crippen LogP contribution < -0.4 is 21.5 Å². The highest BCUT2D eigenvalue weighted by Crippen LogP contribution is 2.13. The quantitative estimate of drug-likeness (QED) is 0.491. The lowest BCUT2D eigenvalue weighted by atomic mass is 10.2. The molecular weight excluding hydrogens is 338 g/mol. The minimum absolute atomic E-state index is 0.134. The molecule has 0 saturated carbocycles. The largest absolute Gasteiger partial charge is 0.331 e. The van der Waals surface area contributed by atoms with E-state index in [0.717, 1.165) is 0 Å². The van der Waals surface area contributed by atoms with E-state index in [0.29, 0.717) is 11.3 Å². The van der Waals surface area contributed by atoms with Crippen LogP contribution in [0.3, 0.4) is 0 Å². The summed E-state index contributed by atoms with van der Waals surface area (Å²) >= 11 is 10.1. The second-order valence-electron chi connectivity index (χ2n) is 4.60. The highest BCUT2D eigenvalue weighted by molar-refractivity contribution is 7.81. The van der Waals surface area contributed by atoms with Gasteiger partial charge in [-0.2, -0.15) is 0 Å². The van der Waals surface area contributed by atoms with Crippen molar-refractivity contribution in [2.45, 2.75) is 6.92 Å². The molecule has 0 amide bonds. The van der Waals surface area contributed by atoms with Crippen LogP contribution in [0.15, 0.2) is 42.5 Å². The number of halogens is 2. The van der Waals surface area contributed by atoms with Crippen LogP contribution in [-0.4, -0.2) is 10.2 Å². The molecule has 0 bridgehead atoms. The number of aryl methyl sites for hydroxylation is 1. The first kappa shape index (κ1) is 17.0. The summed E-state index contributed by atoms with van der Waals surface area (Å²) in [6.07, 6.45) is 0. The van der Waals surface area contributed by atoms with Gasteiger partial charge in [0.1, 0.15) is 11.6 Å². The minimum Gasteiger partial charge on any atom is -0.331 e. The molecule has 0 spiro atoms. The van der Waals surface area contributed by atoms with Crippen LogP contribution in [0.1, 0.15) is 5.56 Å². The standard InChI is InChI=1S/C15H14F2N4S2/c1-9-6-7-10(8-12(9)17)18-14(22)20-21-15(23)19-13-5-3-2-4-11(13)16/h2-8H,1H3,(H2,18,20,22)(H2,19,21,23). The van der Waals surface area contributed by atoms with E-state index in [9.17, 15) is 8.78 Å². The van der Waals surface area contributed by atoms with E-state index in [-0.39, 0.29) is 21.7 Å². The van der Waals surface area contributed by atoms with E-state index < -0.39 is 5.82 Å². The number of hydrogen-bond acceptors (Lipinski definition) is 2. The Labute approximate surface area is 143 Å². The molecule has 0 aliphatic heterocycles. The molecule has 0 aromatic heterocycles. The summed E-state index contributed by atoms with van der Waals surface area (Å²) < 4.78 is 26.9. The molecule has 2 rings (SSSR count). The Hall–Kier alpha value is -2.32. The fourth-order valence-electron chi connectivity index (χ4n) is 1.66. The minimum atomic E-state index is -0.424. The van der Waals surface area contributed by atoms with E-state index in [1.54, 1.807) is 37.3 Å². The van der Waals surface area contributed by atoms with Crippen molar-refractivity contribution in [3.05, 3.63) is 59.7 Å². The van der Waals surface area contributed by atoms with Crippen molar-refractivity contribution < 1.29 is 8.78 Å². The van der Waals surface area contributed by atoms with Gasteiger partial charge in [0, 0.05) is 5.69 Å². The lowest BCUT2D eigenvalue weighted by molar-refractivity contribution is 0.619. The number of thiocarbonyl (C=S) groups is 2. The molecule has 4 nitrogen and oxygen atoms in total. The predicted molar refractivity (Wildman–Crippen MR) is 96.2 cm³/mol. The normalized spacial score (nSPS) is 9.87. The molecule has 0 aliphatic rings. The Bertz CT molecular complexity index is 737. The monoisotopic (exact) mass is 352 g/mol. The maximum Gasteiger partial charge on any atom is 0.189 e. The molecule has 0 unspecified atom stereocenters. The lowest BCUT2D eigenvalue weighted by Crippen LogP contribution is -2.45. The van der Waals surface area contributed by atoms with Crippen molar-refractivity contribution in [1.82, 2.24) is 10.9 Å². The first-order chi connectivity index (χ1) is 11.0. The second-order valence-corrected chi connectivity index (χ2v) is 5.42. The molecule has 23 heavy (non-hydrogen) atoms. The van der Waals surface area contributed by atoms with Crippen molar-refractivity contribution in [2.24, 2.45) is 0 Å². The van der Waals surface area contributed by atoms with E-state index in [4.69, 9.17) is 24.4 Å². The summed E-state index contributed by atoms with van der Waals surface area (Å²) in [7, 11) is 0. The van der Waals surface area contributed by atoms with Gasteiger partial charge >= 0.3 is 0 Å². The van der Waals surface area contributed by atoms with Crippen LogP contribution in [0.5, 0.6) is 0 Å². The molecule has 0 heterocycles. The zero-order valence-corrected chi connectivity index (χ0v) is 13.7. The highest BCUT2D eigenvalue weighted by atomic mass is 32.1. The topological polar surface area (TPSA) is 48.1 Å². The van der Waals surface area contributed by atoms with Gasteiger partial charge in [-0.3, -0.25) is 10.9 Å². The van der Waals surface area contributed by atoms with Crippen LogP contribution in [-0.2, 0) is 0 Å². The number of rotatable bonds is 2. The number of hydrazine groups is 1. The maximum absolute atomic E-state index is 13.5. The van der Waals surface area contributed by atoms with Crippen molar-refractivity contribution in [3.63, 3.8) is 0 Å². The zero-order valence-electron chi connectivity index (χ0n) is 12.1. The van der Waals surface area contributed by atoms with Gasteiger partial charge in [0.15, 0.2) is 10.2 Å². The second kappa shape index (κ2) is 7.80. The van der Waals surface area contributed by atoms with Crippen molar-refractivity contribution >= 4 is 46.0 Å². The van der Waals surface area contributed by atoms with E-state index in [1.165, 1.54) is 12.1 Å². The maximum atomic E-state index is 13.5. The molecule has 4 N–H and O–H groups in total. The van der Waals surface area contributed by atoms with Crippen molar-refractivity contribution in [1.29, 1.82) is 0 Å². The molecule has 8 heteroatoms. The van der Waals surface area contributed by atoms with Gasteiger partial charge in [-0.15, -0.1) is 0 Å². The van der Waals surface area contributed by atoms with Gasteiger partial charge in [0.2, 0.25) is 0 Å². The van der Waals surface area contributed by atoms with E-state index >= 15 is 0 Å². The number of anilines is 2. The Morgan fingerprint density at radius 3 is 2.17 bits per heavy atom. The molecule has 2 aromatic rings. The first-order valence-electron chi connectivity index (χ1n) is 6.60. The van der Waals surface area contributed by atoms with Crippen LogP contribution in [0.2, 0.25) is 0 Å². The average molecular weight is 352 g/mol. The third-order valence-corrected chi connectivity index (χ3v) is 3.25. The number of para-hydroxylation sites is 1. The van der Waals surface area contributed by atoms with Crippen LogP contribution in [0.25, 0.3) is 0 Å². The van der Waals surface area contributed by atoms with Crippen molar-refractivity contribution in [3.8, 4) is 0 Å². The molecule has 0 atom stereocenters. The Morgan fingerprint density at radius 2 is 1.52 bits per heavy atom. The summed E-state index contributed by atoms with van der Waals surface area (Å²) in [4.78, 5) is 0. The molecule has 2 aromatic carbocycles. The van der Waals surface area contributed by atoms with Gasteiger partial charge in [0.05, 0.1) is 5.69 Å². The summed E-state index contributed by atoms with van der Waals surface area (Å²) in [5.74, 6) is -0.755. The smallest absolute Gasteiger partial charge is 0.189 e. The predicted octanol–water partition coefficient (Wildman–Crippen LogP) is 3.46. The fourth-order valence-corrected chi connectivity index (χ4v) is 1.99. The van der Waals surface area contributed by atoms with E-state index in [2.05, 4.69) is 21.5 Å². The molecule has 120 valence electrons. The van der Waals surface area contributed by atoms with Gasteiger partial charge in [0.25, 0.3) is 0 Å². The molecule has 0 fully saturated rings. The Morgan fingerprint density at radius 1 is 0.870 bits per heavy atom. The number of benzene rings is 2. The van der Waals surface area contributed by atoms with Crippen LogP contribution >= 0.6 is 24.4 Å². The summed E-state index contributed by atoms with van der Waals surface area (Å²) in [6, 6.07) is 10.8. The fraction of sp³-hybridized carbons (Fsp3) is 0.0667. The van der Waals surface area contributed by atoms with Crippen LogP contribution in [0, 0.1) is 18.6 Å². The SMILES string of the molecule is Cc1ccc(NC(=S)NNC(=S)Nc2ccccc2F)cc1F. The average Bonchev–Trinajstić information content (AvgIpc) is 2.51. The molecule has 0 radical (unpaired) electrons. The van der Waals surface area contributed by atoms with Crippen LogP contribution in [0.4, 0.5) is 20.2 Å². The first-order valence-corrected chi connectivity index (χ1v) is 7.42. The lowest BCUT2D eigenvalue weighted by Gasteiger charge is -2.14. The zero-order chi connectivity index (χ0) is 16.8. The third kappa shape index (κ3) is 5.11. The number of nitrogens with one attached hydrogen (secondary N) is 4. The molecular formula is C15H14F2N4S2. The molecule has 0 aliphatic carbocycles. The van der Waals surface area contributed by atoms with Gasteiger partial charge in [-0.1, -0.05) is 18.2 Å². The summed E-state index contributed by atoms with van der Waals surface area (Å²) in [6.45, 7) is 1.67. The highest BCUT2D eigenvalue weighted by Gasteiger charge is 2.04. The summed E-state index contributed by atoms with van der Waals surface area (Å²) in [5.41, 5.74) is 6.52. The Kier molecular flexibility index (Phi) is 5.78. The third-order valence-electron chi connectivity index (χ3n) is 2.84. The van der Waals surface area contributed by atoms with Crippen molar-refractivity contribution in [2.75, 3.05) is 10.6 Å². The number of hydrogen-bond donors (Lipinski definition) is 4. The Balaban J connectivity index is 1.83. The van der Waals surface area contributed by atoms with Gasteiger partial charge < -0.3 is 10.6 Å². The summed E-state index contributed by atoms with van der Waals surface area (Å²) in [5, 5.41) is 5.80.